The zero-order chi connectivity index (χ0) is 24.0. The van der Waals surface area contributed by atoms with Gasteiger partial charge in [0.05, 0.1) is 23.9 Å². The third-order valence-electron chi connectivity index (χ3n) is 5.34. The predicted octanol–water partition coefficient (Wildman–Crippen LogP) is 6.26. The van der Waals surface area contributed by atoms with E-state index in [4.69, 9.17) is 8.94 Å². The molecule has 6 nitrogen and oxygen atoms in total. The van der Waals surface area contributed by atoms with Crippen molar-refractivity contribution in [1.82, 2.24) is 4.72 Å². The molecule has 2 atom stereocenters. The lowest BCUT2D eigenvalue weighted by molar-refractivity contribution is 0.289. The summed E-state index contributed by atoms with van der Waals surface area (Å²) in [5.74, 6) is -0.985. The summed E-state index contributed by atoms with van der Waals surface area (Å²) in [7, 11) is -7.74. The summed E-state index contributed by atoms with van der Waals surface area (Å²) in [5, 5.41) is 0. The molecule has 0 unspecified atom stereocenters. The second kappa shape index (κ2) is 10.5. The van der Waals surface area contributed by atoms with Gasteiger partial charge in [-0.15, -0.1) is 0 Å². The molecule has 1 aromatic heterocycles. The molecule has 0 amide bonds. The van der Waals surface area contributed by atoms with E-state index >= 15 is 0 Å². The van der Waals surface area contributed by atoms with Crippen LogP contribution in [0.25, 0.3) is 0 Å². The highest BCUT2D eigenvalue weighted by atomic mass is 32.2. The maximum atomic E-state index is 14.5. The van der Waals surface area contributed by atoms with Crippen molar-refractivity contribution < 1.29 is 21.9 Å². The van der Waals surface area contributed by atoms with Crippen molar-refractivity contribution in [3.63, 3.8) is 0 Å². The molecule has 0 aliphatic rings. The molecule has 0 aliphatic heterocycles. The fourth-order valence-corrected chi connectivity index (χ4v) is 7.66. The molecule has 1 N–H and O–H groups in total. The van der Waals surface area contributed by atoms with Gasteiger partial charge in [-0.05, 0) is 42.3 Å². The molecule has 0 saturated carbocycles. The largest absolute Gasteiger partial charge is 0.467 e. The van der Waals surface area contributed by atoms with Crippen LogP contribution in [0.15, 0.2) is 113 Å². The first-order valence-corrected chi connectivity index (χ1v) is 14.2. The van der Waals surface area contributed by atoms with Gasteiger partial charge in [-0.25, -0.2) is 8.42 Å². The zero-order valence-electron chi connectivity index (χ0n) is 18.7. The van der Waals surface area contributed by atoms with Crippen molar-refractivity contribution in [2.45, 2.75) is 30.4 Å². The highest BCUT2D eigenvalue weighted by molar-refractivity contribution is 7.89. The number of hydrogen-bond donors (Lipinski definition) is 1. The van der Waals surface area contributed by atoms with Crippen molar-refractivity contribution in [3.8, 4) is 0 Å². The van der Waals surface area contributed by atoms with Gasteiger partial charge in [0.2, 0.25) is 17.4 Å². The molecule has 176 valence electrons. The standard InChI is InChI=1S/C26H26NO5PS/c1-21-14-16-24(17-15-21)34(29,30)27-26(25-13-8-18-31-25)33(28,20-23-11-6-3-7-12-23)32-19-22-9-4-2-5-10-22/h2-18,26-27H,19-20H2,1H3/t26-,33+/m1/s1. The van der Waals surface area contributed by atoms with Crippen LogP contribution in [0.1, 0.15) is 28.2 Å². The summed E-state index contributed by atoms with van der Waals surface area (Å²) in [5.41, 5.74) is 2.53. The smallest absolute Gasteiger partial charge is 0.241 e. The van der Waals surface area contributed by atoms with Gasteiger partial charge in [-0.2, -0.15) is 4.72 Å². The first kappa shape index (κ1) is 24.2. The van der Waals surface area contributed by atoms with Gasteiger partial charge in [-0.1, -0.05) is 78.4 Å². The van der Waals surface area contributed by atoms with E-state index in [0.29, 0.717) is 0 Å². The van der Waals surface area contributed by atoms with Crippen LogP contribution in [-0.2, 0) is 31.9 Å². The summed E-state index contributed by atoms with van der Waals surface area (Å²) in [6.45, 7) is 1.94. The van der Waals surface area contributed by atoms with E-state index in [1.54, 1.807) is 24.3 Å². The highest BCUT2D eigenvalue weighted by Gasteiger charge is 2.41. The normalized spacial score (nSPS) is 14.4. The van der Waals surface area contributed by atoms with E-state index in [0.717, 1.165) is 16.7 Å². The Morgan fingerprint density at radius 1 is 0.853 bits per heavy atom. The minimum Gasteiger partial charge on any atom is -0.467 e. The van der Waals surface area contributed by atoms with E-state index < -0.39 is 23.2 Å². The number of benzene rings is 3. The molecular formula is C26H26NO5PS. The van der Waals surface area contributed by atoms with Crippen molar-refractivity contribution in [1.29, 1.82) is 0 Å². The van der Waals surface area contributed by atoms with Gasteiger partial charge in [0.15, 0.2) is 5.78 Å². The van der Waals surface area contributed by atoms with Crippen molar-refractivity contribution in [2.75, 3.05) is 0 Å². The number of rotatable bonds is 10. The predicted molar refractivity (Wildman–Crippen MR) is 132 cm³/mol. The molecule has 0 fully saturated rings. The first-order valence-electron chi connectivity index (χ1n) is 10.8. The Balaban J connectivity index is 1.73. The Kier molecular flexibility index (Phi) is 7.49. The maximum Gasteiger partial charge on any atom is 0.241 e. The SMILES string of the molecule is Cc1ccc(S(=O)(=O)N[C@@H](c2ccco2)[P@](=O)(Cc2ccccc2)OCc2ccccc2)cc1. The molecule has 34 heavy (non-hydrogen) atoms. The van der Waals surface area contributed by atoms with E-state index in [1.807, 2.05) is 67.6 Å². The van der Waals surface area contributed by atoms with Gasteiger partial charge in [0, 0.05) is 0 Å². The summed E-state index contributed by atoms with van der Waals surface area (Å²) >= 11 is 0. The molecular weight excluding hydrogens is 469 g/mol. The van der Waals surface area contributed by atoms with Crippen LogP contribution in [0.2, 0.25) is 0 Å². The second-order valence-corrected chi connectivity index (χ2v) is 12.2. The quantitative estimate of drug-likeness (QED) is 0.263. The van der Waals surface area contributed by atoms with Crippen molar-refractivity contribution in [2.24, 2.45) is 0 Å². The van der Waals surface area contributed by atoms with Crippen LogP contribution in [0, 0.1) is 6.92 Å². The van der Waals surface area contributed by atoms with Gasteiger partial charge < -0.3 is 8.94 Å². The Labute approximate surface area is 200 Å². The van der Waals surface area contributed by atoms with Gasteiger partial charge in [0.25, 0.3) is 0 Å². The highest BCUT2D eigenvalue weighted by Crippen LogP contribution is 2.62. The van der Waals surface area contributed by atoms with Crippen LogP contribution in [0.4, 0.5) is 0 Å². The molecule has 4 rings (SSSR count). The topological polar surface area (TPSA) is 85.6 Å². The molecule has 1 heterocycles. The lowest BCUT2D eigenvalue weighted by Gasteiger charge is -2.27. The number of aryl methyl sites for hydroxylation is 1. The second-order valence-electron chi connectivity index (χ2n) is 7.98. The van der Waals surface area contributed by atoms with Crippen molar-refractivity contribution in [3.05, 3.63) is 126 Å². The molecule has 0 radical (unpaired) electrons. The summed E-state index contributed by atoms with van der Waals surface area (Å²) in [6.07, 6.45) is 1.45. The summed E-state index contributed by atoms with van der Waals surface area (Å²) < 4.78 is 55.3. The van der Waals surface area contributed by atoms with E-state index in [1.165, 1.54) is 18.4 Å². The average molecular weight is 496 g/mol. The minimum atomic E-state index is -4.02. The number of furan rings is 1. The Morgan fingerprint density at radius 2 is 1.47 bits per heavy atom. The summed E-state index contributed by atoms with van der Waals surface area (Å²) in [4.78, 5) is 0.0731. The molecule has 0 spiro atoms. The molecule has 3 aromatic carbocycles. The molecule has 0 saturated heterocycles. The third kappa shape index (κ3) is 5.93. The molecule has 0 bridgehead atoms. The number of nitrogens with one attached hydrogen (secondary N) is 1. The monoisotopic (exact) mass is 495 g/mol. The Bertz CT molecular complexity index is 1340. The summed E-state index contributed by atoms with van der Waals surface area (Å²) in [6, 6.07) is 28.3. The van der Waals surface area contributed by atoms with Crippen LogP contribution in [0.3, 0.4) is 0 Å². The van der Waals surface area contributed by atoms with Crippen LogP contribution >= 0.6 is 7.37 Å². The third-order valence-corrected chi connectivity index (χ3v) is 9.50. The van der Waals surface area contributed by atoms with E-state index in [-0.39, 0.29) is 23.4 Å². The van der Waals surface area contributed by atoms with E-state index in [9.17, 15) is 13.0 Å². The minimum absolute atomic E-state index is 0.0302. The van der Waals surface area contributed by atoms with Gasteiger partial charge in [-0.3, -0.25) is 4.57 Å². The van der Waals surface area contributed by atoms with Crippen LogP contribution in [0.5, 0.6) is 0 Å². The van der Waals surface area contributed by atoms with Gasteiger partial charge >= 0.3 is 0 Å². The van der Waals surface area contributed by atoms with Crippen molar-refractivity contribution >= 4 is 17.4 Å². The first-order chi connectivity index (χ1) is 16.4. The fraction of sp³-hybridized carbons (Fsp3) is 0.154. The Hall–Kier alpha value is -2.96. The van der Waals surface area contributed by atoms with Gasteiger partial charge in [0.1, 0.15) is 5.76 Å². The average Bonchev–Trinajstić information content (AvgIpc) is 3.37. The van der Waals surface area contributed by atoms with Crippen LogP contribution < -0.4 is 4.72 Å². The van der Waals surface area contributed by atoms with E-state index in [2.05, 4.69) is 4.72 Å². The number of hydrogen-bond acceptors (Lipinski definition) is 5. The lowest BCUT2D eigenvalue weighted by Crippen LogP contribution is -2.29. The zero-order valence-corrected chi connectivity index (χ0v) is 20.4. The fourth-order valence-electron chi connectivity index (χ4n) is 3.52. The molecule has 4 aromatic rings. The molecule has 8 heteroatoms. The molecule has 0 aliphatic carbocycles. The lowest BCUT2D eigenvalue weighted by atomic mass is 10.2. The van der Waals surface area contributed by atoms with Crippen LogP contribution in [-0.4, -0.2) is 8.42 Å². The Morgan fingerprint density at radius 3 is 2.06 bits per heavy atom. The number of sulfonamides is 1. The maximum absolute atomic E-state index is 14.5.